The Labute approximate surface area is 173 Å². The van der Waals surface area contributed by atoms with Crippen molar-refractivity contribution in [1.82, 2.24) is 24.8 Å². The van der Waals surface area contributed by atoms with Gasteiger partial charge in [-0.1, -0.05) is 26.0 Å². The van der Waals surface area contributed by atoms with Crippen molar-refractivity contribution in [2.45, 2.75) is 39.8 Å². The first-order valence-electron chi connectivity index (χ1n) is 10.7. The lowest BCUT2D eigenvalue weighted by atomic mass is 10.0. The summed E-state index contributed by atoms with van der Waals surface area (Å²) in [5, 5.41) is 3.69. The van der Waals surface area contributed by atoms with Crippen LogP contribution in [0.25, 0.3) is 11.2 Å². The summed E-state index contributed by atoms with van der Waals surface area (Å²) in [6, 6.07) is 9.19. The Hall–Kier alpha value is -2.44. The van der Waals surface area contributed by atoms with Crippen LogP contribution in [0.2, 0.25) is 0 Å². The average molecular weight is 393 g/mol. The Kier molecular flexibility index (Phi) is 5.83. The smallest absolute Gasteiger partial charge is 0.157 e. The fraction of sp³-hybridized carbons (Fsp3) is 0.478. The molecule has 154 valence electrons. The number of pyridine rings is 1. The number of H-pyrrole nitrogens is 1. The molecule has 1 aliphatic heterocycles. The third-order valence-electron chi connectivity index (χ3n) is 5.98. The summed E-state index contributed by atoms with van der Waals surface area (Å²) in [4.78, 5) is 17.2. The molecule has 2 N–H and O–H groups in total. The zero-order valence-corrected chi connectivity index (χ0v) is 18.0. The lowest BCUT2D eigenvalue weighted by molar-refractivity contribution is 0.236. The number of hydrogen-bond donors (Lipinski definition) is 2. The van der Waals surface area contributed by atoms with Crippen LogP contribution in [0.15, 0.2) is 30.5 Å². The number of likely N-dealkylation sites (N-methyl/N-ethyl adjacent to an activating group) is 2. The molecule has 4 rings (SSSR count). The van der Waals surface area contributed by atoms with Gasteiger partial charge in [0, 0.05) is 37.1 Å². The summed E-state index contributed by atoms with van der Waals surface area (Å²) in [5.41, 5.74) is 7.07. The Morgan fingerprint density at radius 3 is 2.76 bits per heavy atom. The summed E-state index contributed by atoms with van der Waals surface area (Å²) in [6.07, 6.45) is 2.85. The highest BCUT2D eigenvalue weighted by atomic mass is 15.2. The number of aromatic amines is 1. The number of rotatable bonds is 8. The Morgan fingerprint density at radius 2 is 1.97 bits per heavy atom. The van der Waals surface area contributed by atoms with Gasteiger partial charge in [-0.2, -0.15) is 0 Å². The van der Waals surface area contributed by atoms with Crippen molar-refractivity contribution in [3.63, 3.8) is 0 Å². The summed E-state index contributed by atoms with van der Waals surface area (Å²) in [6.45, 7) is 11.9. The number of anilines is 1. The van der Waals surface area contributed by atoms with Crippen molar-refractivity contribution in [2.24, 2.45) is 0 Å². The number of hydrogen-bond acceptors (Lipinski definition) is 5. The van der Waals surface area contributed by atoms with Gasteiger partial charge in [0.15, 0.2) is 5.65 Å². The molecule has 0 spiro atoms. The minimum Gasteiger partial charge on any atom is -0.378 e. The van der Waals surface area contributed by atoms with Gasteiger partial charge < -0.3 is 20.1 Å². The monoisotopic (exact) mass is 392 g/mol. The number of imidazole rings is 1. The van der Waals surface area contributed by atoms with Gasteiger partial charge in [0.25, 0.3) is 0 Å². The Bertz CT molecular complexity index is 975. The third-order valence-corrected chi connectivity index (χ3v) is 5.98. The third kappa shape index (κ3) is 4.28. The zero-order chi connectivity index (χ0) is 20.4. The second-order valence-electron chi connectivity index (χ2n) is 8.08. The molecule has 1 atom stereocenters. The van der Waals surface area contributed by atoms with Crippen LogP contribution in [0.5, 0.6) is 0 Å². The maximum absolute atomic E-state index is 4.66. The van der Waals surface area contributed by atoms with Crippen LogP contribution in [0.4, 0.5) is 5.69 Å². The highest BCUT2D eigenvalue weighted by Crippen LogP contribution is 2.36. The highest BCUT2D eigenvalue weighted by Gasteiger charge is 2.25. The molecule has 1 aliphatic rings. The first-order chi connectivity index (χ1) is 14.1. The molecule has 0 bridgehead atoms. The fourth-order valence-electron chi connectivity index (χ4n) is 4.27. The topological polar surface area (TPSA) is 60.1 Å². The first kappa shape index (κ1) is 19.9. The molecular formula is C23H32N6. The quantitative estimate of drug-likeness (QED) is 0.611. The molecule has 0 amide bonds. The SMILES string of the molecule is CCN(CC)CCN(C)Cc1ccc2c(c1)CC(c1ccnc3[nH]c(C)nc13)N2. The number of fused-ring (bicyclic) bond motifs is 2. The number of nitrogens with zero attached hydrogens (tertiary/aromatic N) is 4. The van der Waals surface area contributed by atoms with Crippen LogP contribution in [0.1, 0.15) is 42.4 Å². The van der Waals surface area contributed by atoms with E-state index in [-0.39, 0.29) is 6.04 Å². The molecule has 0 saturated heterocycles. The molecule has 2 aromatic heterocycles. The molecule has 0 aliphatic carbocycles. The van der Waals surface area contributed by atoms with E-state index < -0.39 is 0 Å². The van der Waals surface area contributed by atoms with Crippen molar-refractivity contribution in [3.8, 4) is 0 Å². The molecule has 1 unspecified atom stereocenters. The van der Waals surface area contributed by atoms with Crippen molar-refractivity contribution in [3.05, 3.63) is 53.0 Å². The van der Waals surface area contributed by atoms with Crippen LogP contribution in [0, 0.1) is 6.92 Å². The van der Waals surface area contributed by atoms with Gasteiger partial charge in [-0.15, -0.1) is 0 Å². The van der Waals surface area contributed by atoms with Crippen molar-refractivity contribution in [1.29, 1.82) is 0 Å². The average Bonchev–Trinajstić information content (AvgIpc) is 3.30. The van der Waals surface area contributed by atoms with E-state index >= 15 is 0 Å². The summed E-state index contributed by atoms with van der Waals surface area (Å²) in [7, 11) is 2.21. The molecular weight excluding hydrogens is 360 g/mol. The molecule has 6 heteroatoms. The largest absolute Gasteiger partial charge is 0.378 e. The van der Waals surface area contributed by atoms with Gasteiger partial charge in [-0.25, -0.2) is 9.97 Å². The van der Waals surface area contributed by atoms with Gasteiger partial charge in [0.2, 0.25) is 0 Å². The van der Waals surface area contributed by atoms with Gasteiger partial charge >= 0.3 is 0 Å². The van der Waals surface area contributed by atoms with Crippen molar-refractivity contribution in [2.75, 3.05) is 38.5 Å². The van der Waals surface area contributed by atoms with Crippen LogP contribution in [0.3, 0.4) is 0 Å². The maximum atomic E-state index is 4.66. The normalized spacial score (nSPS) is 16.0. The number of benzene rings is 1. The minimum absolute atomic E-state index is 0.244. The number of aryl methyl sites for hydroxylation is 1. The van der Waals surface area contributed by atoms with Crippen LogP contribution in [-0.2, 0) is 13.0 Å². The minimum atomic E-state index is 0.244. The van der Waals surface area contributed by atoms with E-state index in [2.05, 4.69) is 75.2 Å². The first-order valence-corrected chi connectivity index (χ1v) is 10.7. The standard InChI is InChI=1S/C23H32N6/c1-5-29(6-2)12-11-28(4)15-17-7-8-20-18(13-17)14-21(27-20)19-9-10-24-23-22(19)25-16(3)26-23/h7-10,13,21,27H,5-6,11-12,14-15H2,1-4H3,(H,24,25,26). The van der Waals surface area contributed by atoms with E-state index in [9.17, 15) is 0 Å². The molecule has 3 heterocycles. The fourth-order valence-corrected chi connectivity index (χ4v) is 4.27. The lowest BCUT2D eigenvalue weighted by Gasteiger charge is -2.23. The number of nitrogens with one attached hydrogen (secondary N) is 2. The van der Waals surface area contributed by atoms with Gasteiger partial charge in [0.05, 0.1) is 6.04 Å². The molecule has 6 nitrogen and oxygen atoms in total. The van der Waals surface area contributed by atoms with E-state index in [1.54, 1.807) is 0 Å². The van der Waals surface area contributed by atoms with E-state index in [4.69, 9.17) is 0 Å². The summed E-state index contributed by atoms with van der Waals surface area (Å²) in [5.74, 6) is 0.908. The van der Waals surface area contributed by atoms with E-state index in [1.807, 2.05) is 13.1 Å². The molecule has 29 heavy (non-hydrogen) atoms. The summed E-state index contributed by atoms with van der Waals surface area (Å²) >= 11 is 0. The van der Waals surface area contributed by atoms with Crippen LogP contribution >= 0.6 is 0 Å². The number of aromatic nitrogens is 3. The predicted octanol–water partition coefficient (Wildman–Crippen LogP) is 3.75. The maximum Gasteiger partial charge on any atom is 0.157 e. The molecule has 0 saturated carbocycles. The summed E-state index contributed by atoms with van der Waals surface area (Å²) < 4.78 is 0. The van der Waals surface area contributed by atoms with Crippen molar-refractivity contribution < 1.29 is 0 Å². The van der Waals surface area contributed by atoms with E-state index in [1.165, 1.54) is 22.4 Å². The second kappa shape index (κ2) is 8.51. The van der Waals surface area contributed by atoms with Crippen molar-refractivity contribution >= 4 is 16.9 Å². The second-order valence-corrected chi connectivity index (χ2v) is 8.08. The van der Waals surface area contributed by atoms with Crippen LogP contribution < -0.4 is 5.32 Å². The molecule has 0 radical (unpaired) electrons. The highest BCUT2D eigenvalue weighted by molar-refractivity contribution is 5.77. The van der Waals surface area contributed by atoms with E-state index in [0.29, 0.717) is 0 Å². The van der Waals surface area contributed by atoms with Crippen LogP contribution in [-0.4, -0.2) is 58.0 Å². The van der Waals surface area contributed by atoms with Gasteiger partial charge in [0.1, 0.15) is 11.3 Å². The van der Waals surface area contributed by atoms with Gasteiger partial charge in [-0.3, -0.25) is 0 Å². The molecule has 1 aromatic carbocycles. The predicted molar refractivity (Wildman–Crippen MR) is 119 cm³/mol. The molecule has 0 fully saturated rings. The lowest BCUT2D eigenvalue weighted by Crippen LogP contribution is -2.32. The van der Waals surface area contributed by atoms with E-state index in [0.717, 1.165) is 56.1 Å². The Balaban J connectivity index is 1.44. The van der Waals surface area contributed by atoms with Gasteiger partial charge in [-0.05, 0) is 56.7 Å². The molecule has 3 aromatic rings. The zero-order valence-electron chi connectivity index (χ0n) is 18.0. The Morgan fingerprint density at radius 1 is 1.14 bits per heavy atom.